The first-order valence-electron chi connectivity index (χ1n) is 27.7. The molecule has 0 atom stereocenters. The smallest absolute Gasteiger partial charge is 0.317 e. The monoisotopic (exact) mass is 1220 g/mol. The van der Waals surface area contributed by atoms with E-state index >= 15 is 0 Å². The Bertz CT molecular complexity index is 3100. The van der Waals surface area contributed by atoms with Crippen molar-refractivity contribution in [3.63, 3.8) is 0 Å². The second-order valence-electron chi connectivity index (χ2n) is 20.6. The average Bonchev–Trinajstić information content (AvgIpc) is 4.26. The number of carboxylic acids is 1. The van der Waals surface area contributed by atoms with Crippen molar-refractivity contribution in [3.8, 4) is 17.5 Å². The molecular weight excluding hydrogens is 1140 g/mol. The van der Waals surface area contributed by atoms with E-state index in [0.29, 0.717) is 19.1 Å². The number of pyridine rings is 6. The molecule has 3 fully saturated rings. The number of hydrogen-bond donors (Lipinski definition) is 4. The van der Waals surface area contributed by atoms with Crippen molar-refractivity contribution < 1.29 is 20.1 Å². The van der Waals surface area contributed by atoms with Crippen LogP contribution in [-0.4, -0.2) is 149 Å². The van der Waals surface area contributed by atoms with Crippen LogP contribution in [0, 0.1) is 21.3 Å². The third-order valence-electron chi connectivity index (χ3n) is 14.9. The number of aromatic nitrogens is 9. The van der Waals surface area contributed by atoms with Crippen LogP contribution in [0.3, 0.4) is 0 Å². The molecule has 0 aromatic carbocycles. The fourth-order valence-electron chi connectivity index (χ4n) is 10.4. The van der Waals surface area contributed by atoms with Crippen molar-refractivity contribution in [1.29, 1.82) is 0 Å². The molecule has 0 unspecified atom stereocenters. The van der Waals surface area contributed by atoms with Crippen LogP contribution in [0.5, 0.6) is 0 Å². The molecule has 0 radical (unpaired) electrons. The van der Waals surface area contributed by atoms with Crippen molar-refractivity contribution in [2.75, 3.05) is 88.8 Å². The summed E-state index contributed by atoms with van der Waals surface area (Å²) in [7, 11) is 3.43. The van der Waals surface area contributed by atoms with E-state index in [1.165, 1.54) is 53.2 Å². The number of nitrogens with zero attached hydrogens (tertiary/aromatic N) is 12. The SMILES string of the molecule is CN(C)CC(=O)O.ClCCC1CCN(c2ccc(-n3ccc4ccncc43)nc2)CC1.Ic1ccc(-n2ccc3ccncc32)nc1.OCCC1CCN(c2ccc(-n3ccc4ccncc43)nc2)CC1.OCCC1CCNCC1. The van der Waals surface area contributed by atoms with Crippen LogP contribution >= 0.6 is 34.2 Å². The zero-order chi connectivity index (χ0) is 56.1. The predicted molar refractivity (Wildman–Crippen MR) is 330 cm³/mol. The fraction of sp³-hybridized carbons (Fsp3) is 0.393. The van der Waals surface area contributed by atoms with Gasteiger partial charge >= 0.3 is 5.97 Å². The topological polar surface area (TPSA) is 192 Å². The van der Waals surface area contributed by atoms with Crippen molar-refractivity contribution in [2.24, 2.45) is 17.8 Å². The van der Waals surface area contributed by atoms with Crippen LogP contribution in [0.1, 0.15) is 57.8 Å². The van der Waals surface area contributed by atoms with E-state index < -0.39 is 5.97 Å². The second kappa shape index (κ2) is 30.9. The van der Waals surface area contributed by atoms with Gasteiger partial charge in [-0.2, -0.15) is 0 Å². The number of aliphatic hydroxyl groups is 2. The third kappa shape index (κ3) is 17.0. The minimum atomic E-state index is -0.787. The number of hydrogen-bond acceptors (Lipinski definition) is 13. The molecule has 3 saturated heterocycles. The molecule has 17 nitrogen and oxygen atoms in total. The van der Waals surface area contributed by atoms with Gasteiger partial charge in [-0.1, -0.05) is 0 Å². The number of carboxylic acid groups (broad SMARTS) is 1. The number of anilines is 2. The van der Waals surface area contributed by atoms with E-state index in [9.17, 15) is 4.79 Å². The highest BCUT2D eigenvalue weighted by atomic mass is 127. The number of alkyl halides is 1. The van der Waals surface area contributed by atoms with E-state index in [1.807, 2.05) is 103 Å². The molecule has 0 amide bonds. The first kappa shape index (κ1) is 59.6. The van der Waals surface area contributed by atoms with E-state index in [1.54, 1.807) is 25.2 Å². The summed E-state index contributed by atoms with van der Waals surface area (Å²) < 4.78 is 7.33. The number of rotatable bonds is 13. The van der Waals surface area contributed by atoms with Gasteiger partial charge in [0.25, 0.3) is 0 Å². The highest BCUT2D eigenvalue weighted by Crippen LogP contribution is 2.28. The lowest BCUT2D eigenvalue weighted by Crippen LogP contribution is -2.34. The van der Waals surface area contributed by atoms with Crippen molar-refractivity contribution in [2.45, 2.75) is 57.8 Å². The number of aliphatic hydroxyl groups excluding tert-OH is 2. The highest BCUT2D eigenvalue weighted by Gasteiger charge is 2.21. The zero-order valence-electron chi connectivity index (χ0n) is 45.9. The molecule has 3 aliphatic rings. The minimum absolute atomic E-state index is 0.111. The first-order chi connectivity index (χ1) is 39.1. The molecule has 9 aromatic heterocycles. The predicted octanol–water partition coefficient (Wildman–Crippen LogP) is 10.3. The van der Waals surface area contributed by atoms with Gasteiger partial charge in [0.15, 0.2) is 0 Å². The Balaban J connectivity index is 0.000000141. The molecule has 422 valence electrons. The van der Waals surface area contributed by atoms with E-state index in [-0.39, 0.29) is 6.54 Å². The summed E-state index contributed by atoms with van der Waals surface area (Å²) >= 11 is 8.11. The van der Waals surface area contributed by atoms with Crippen LogP contribution in [0.25, 0.3) is 50.2 Å². The number of nitrogens with one attached hydrogen (secondary N) is 1. The Hall–Kier alpha value is -6.55. The van der Waals surface area contributed by atoms with Crippen LogP contribution in [-0.2, 0) is 4.79 Å². The van der Waals surface area contributed by atoms with Gasteiger partial charge in [0, 0.05) is 108 Å². The number of halogens is 2. The van der Waals surface area contributed by atoms with E-state index in [2.05, 4.69) is 119 Å². The van der Waals surface area contributed by atoms with E-state index in [4.69, 9.17) is 26.9 Å². The van der Waals surface area contributed by atoms with Crippen molar-refractivity contribution >= 4 is 84.2 Å². The molecule has 3 aliphatic heterocycles. The first-order valence-corrected chi connectivity index (χ1v) is 29.3. The number of aliphatic carboxylic acids is 1. The summed E-state index contributed by atoms with van der Waals surface area (Å²) in [5.74, 6) is 4.99. The van der Waals surface area contributed by atoms with Crippen molar-refractivity contribution in [1.82, 2.24) is 53.8 Å². The number of piperidine rings is 3. The summed E-state index contributed by atoms with van der Waals surface area (Å²) in [6, 6.07) is 24.8. The maximum atomic E-state index is 9.77. The Kier molecular flexibility index (Phi) is 23.0. The third-order valence-corrected chi connectivity index (χ3v) is 15.7. The Morgan fingerprint density at radius 2 is 0.963 bits per heavy atom. The summed E-state index contributed by atoms with van der Waals surface area (Å²) in [5.41, 5.74) is 5.62. The molecule has 80 heavy (non-hydrogen) atoms. The molecule has 0 bridgehead atoms. The molecule has 4 N–H and O–H groups in total. The van der Waals surface area contributed by atoms with Gasteiger partial charge in [0.2, 0.25) is 0 Å². The van der Waals surface area contributed by atoms with Gasteiger partial charge in [0.05, 0.1) is 65.5 Å². The highest BCUT2D eigenvalue weighted by molar-refractivity contribution is 14.1. The normalized spacial score (nSPS) is 15.1. The Labute approximate surface area is 487 Å². The molecule has 12 rings (SSSR count). The average molecular weight is 1220 g/mol. The maximum Gasteiger partial charge on any atom is 0.317 e. The second-order valence-corrected chi connectivity index (χ2v) is 22.3. The van der Waals surface area contributed by atoms with Crippen molar-refractivity contribution in [3.05, 3.63) is 151 Å². The maximum absolute atomic E-state index is 9.77. The quantitative estimate of drug-likeness (QED) is 0.0630. The largest absolute Gasteiger partial charge is 0.480 e. The van der Waals surface area contributed by atoms with Gasteiger partial charge in [-0.3, -0.25) is 38.3 Å². The van der Waals surface area contributed by atoms with Crippen LogP contribution in [0.4, 0.5) is 11.4 Å². The van der Waals surface area contributed by atoms with Crippen LogP contribution in [0.15, 0.2) is 147 Å². The van der Waals surface area contributed by atoms with Gasteiger partial charge in [0.1, 0.15) is 17.5 Å². The standard InChI is InChI=1S/C19H21ClN4.C19H22N4O.C12H8IN3.C7H15NO.C4H9NO2/c20-8-3-15-5-10-23(11-6-15)17-1-2-19(22-13-17)24-12-7-16-4-9-21-14-18(16)24;24-12-7-15-4-9-22(10-5-15)17-1-2-19(21-13-17)23-11-6-16-3-8-20-14-18(16)23;13-10-1-2-12(15-7-10)16-6-4-9-3-5-14-8-11(9)16;9-6-3-7-1-4-8-5-2-7;1-5(2)3-4(6)7/h1-2,4,7,9,12-15H,3,5-6,8,10-11H2;1-3,6,8,11,13-15,24H,4-5,7,9-10,12H2;1-8H;7-9H,1-6H2;3H2,1-2H3,(H,6,7). The van der Waals surface area contributed by atoms with Gasteiger partial charge in [-0.05, 0) is 198 Å². The lowest BCUT2D eigenvalue weighted by molar-refractivity contribution is -0.137. The molecule has 9 aromatic rings. The summed E-state index contributed by atoms with van der Waals surface area (Å²) in [6.45, 7) is 7.35. The summed E-state index contributed by atoms with van der Waals surface area (Å²) in [5, 5.41) is 32.5. The molecule has 0 saturated carbocycles. The number of likely N-dealkylation sites (N-methyl/N-ethyl adjacent to an activating group) is 1. The van der Waals surface area contributed by atoms with Gasteiger partial charge in [-0.15, -0.1) is 11.6 Å². The summed E-state index contributed by atoms with van der Waals surface area (Å²) in [4.78, 5) is 42.5. The molecule has 0 spiro atoms. The van der Waals surface area contributed by atoms with Gasteiger partial charge < -0.3 is 30.4 Å². The summed E-state index contributed by atoms with van der Waals surface area (Å²) in [6.07, 6.45) is 33.3. The Morgan fingerprint density at radius 3 is 1.30 bits per heavy atom. The number of fused-ring (bicyclic) bond motifs is 3. The van der Waals surface area contributed by atoms with Gasteiger partial charge in [-0.25, -0.2) is 15.0 Å². The molecular formula is C61H75ClIN13O4. The lowest BCUT2D eigenvalue weighted by Gasteiger charge is -2.33. The molecule has 12 heterocycles. The number of carbonyl (C=O) groups is 1. The lowest BCUT2D eigenvalue weighted by atomic mass is 9.94. The van der Waals surface area contributed by atoms with Crippen LogP contribution in [0.2, 0.25) is 0 Å². The molecule has 0 aliphatic carbocycles. The van der Waals surface area contributed by atoms with E-state index in [0.717, 1.165) is 127 Å². The van der Waals surface area contributed by atoms with Crippen LogP contribution < -0.4 is 15.1 Å². The minimum Gasteiger partial charge on any atom is -0.480 e. The Morgan fingerprint density at radius 1 is 0.562 bits per heavy atom. The molecule has 19 heteroatoms. The zero-order valence-corrected chi connectivity index (χ0v) is 48.8. The fourth-order valence-corrected chi connectivity index (χ4v) is 11.0.